The van der Waals surface area contributed by atoms with Gasteiger partial charge in [0.15, 0.2) is 5.65 Å². The third-order valence-corrected chi connectivity index (χ3v) is 5.34. The van der Waals surface area contributed by atoms with Gasteiger partial charge >= 0.3 is 0 Å². The molecule has 2 fully saturated rings. The predicted octanol–water partition coefficient (Wildman–Crippen LogP) is 0.690. The van der Waals surface area contributed by atoms with Crippen molar-refractivity contribution in [2.75, 3.05) is 13.2 Å². The minimum absolute atomic E-state index is 0.0957. The number of amides is 1. The minimum atomic E-state index is -0.150. The zero-order valence-corrected chi connectivity index (χ0v) is 14.4. The Morgan fingerprint density at radius 3 is 3.08 bits per heavy atom. The van der Waals surface area contributed by atoms with Crippen LogP contribution in [0.15, 0.2) is 17.3 Å². The fourth-order valence-electron chi connectivity index (χ4n) is 3.99. The quantitative estimate of drug-likeness (QED) is 0.817. The second kappa shape index (κ2) is 6.59. The molecule has 1 aliphatic heterocycles. The molecule has 2 unspecified atom stereocenters. The van der Waals surface area contributed by atoms with Crippen LogP contribution in [0.3, 0.4) is 0 Å². The number of ether oxygens (including phenoxy) is 1. The molecule has 2 aliphatic rings. The summed E-state index contributed by atoms with van der Waals surface area (Å²) in [6.45, 7) is 1.59. The maximum absolute atomic E-state index is 12.7. The molecule has 2 atom stereocenters. The van der Waals surface area contributed by atoms with Gasteiger partial charge in [0.2, 0.25) is 5.91 Å². The molecule has 134 valence electrons. The number of rotatable bonds is 3. The molecular formula is C17H23N5O3. The zero-order chi connectivity index (χ0) is 17.4. The molecule has 4 rings (SSSR count). The Labute approximate surface area is 145 Å². The van der Waals surface area contributed by atoms with Crippen molar-refractivity contribution >= 4 is 16.9 Å². The number of carbonyl (C=O) groups excluding carboxylic acids is 1. The highest BCUT2D eigenvalue weighted by Crippen LogP contribution is 2.28. The lowest BCUT2D eigenvalue weighted by Gasteiger charge is -2.43. The first kappa shape index (κ1) is 16.3. The van der Waals surface area contributed by atoms with Gasteiger partial charge in [0.05, 0.1) is 31.3 Å². The lowest BCUT2D eigenvalue weighted by molar-refractivity contribution is -0.149. The highest BCUT2D eigenvalue weighted by atomic mass is 16.5. The second-order valence-electron chi connectivity index (χ2n) is 6.85. The Balaban J connectivity index is 1.46. The fourth-order valence-corrected chi connectivity index (χ4v) is 3.99. The Morgan fingerprint density at radius 2 is 2.20 bits per heavy atom. The van der Waals surface area contributed by atoms with Crippen LogP contribution in [0.5, 0.6) is 0 Å². The first-order valence-corrected chi connectivity index (χ1v) is 8.93. The van der Waals surface area contributed by atoms with E-state index in [1.807, 2.05) is 4.90 Å². The molecule has 1 aliphatic carbocycles. The van der Waals surface area contributed by atoms with E-state index in [0.29, 0.717) is 37.2 Å². The van der Waals surface area contributed by atoms with E-state index in [4.69, 9.17) is 4.74 Å². The molecule has 0 aromatic carbocycles. The normalized spacial score (nSPS) is 23.6. The molecule has 1 saturated heterocycles. The van der Waals surface area contributed by atoms with Crippen LogP contribution in [0.2, 0.25) is 0 Å². The van der Waals surface area contributed by atoms with Gasteiger partial charge in [0, 0.05) is 26.6 Å². The van der Waals surface area contributed by atoms with E-state index < -0.39 is 0 Å². The number of hydrogen-bond donors (Lipinski definition) is 0. The first-order chi connectivity index (χ1) is 12.1. The lowest BCUT2D eigenvalue weighted by Crippen LogP contribution is -2.55. The molecule has 2 aromatic heterocycles. The van der Waals surface area contributed by atoms with Crippen molar-refractivity contribution in [3.63, 3.8) is 0 Å². The maximum Gasteiger partial charge on any atom is 0.264 e. The van der Waals surface area contributed by atoms with Crippen molar-refractivity contribution in [1.29, 1.82) is 0 Å². The lowest BCUT2D eigenvalue weighted by atomic mass is 9.90. The highest BCUT2D eigenvalue weighted by Gasteiger charge is 2.36. The number of nitrogens with zero attached hydrogens (tertiary/aromatic N) is 5. The molecular weight excluding hydrogens is 322 g/mol. The van der Waals surface area contributed by atoms with Gasteiger partial charge in [-0.05, 0) is 12.8 Å². The minimum Gasteiger partial charge on any atom is -0.374 e. The van der Waals surface area contributed by atoms with Crippen molar-refractivity contribution in [3.8, 4) is 0 Å². The van der Waals surface area contributed by atoms with Crippen LogP contribution < -0.4 is 5.56 Å². The van der Waals surface area contributed by atoms with Crippen molar-refractivity contribution in [2.45, 2.75) is 50.8 Å². The molecule has 1 amide bonds. The number of aryl methyl sites for hydroxylation is 2. The van der Waals surface area contributed by atoms with E-state index in [-0.39, 0.29) is 23.6 Å². The van der Waals surface area contributed by atoms with Gasteiger partial charge in [-0.25, -0.2) is 4.98 Å². The Kier molecular flexibility index (Phi) is 4.29. The number of fused-ring (bicyclic) bond motifs is 2. The van der Waals surface area contributed by atoms with Gasteiger partial charge in [-0.15, -0.1) is 0 Å². The topological polar surface area (TPSA) is 82.2 Å². The van der Waals surface area contributed by atoms with E-state index in [1.54, 1.807) is 11.7 Å². The maximum atomic E-state index is 12.7. The van der Waals surface area contributed by atoms with E-state index in [0.717, 1.165) is 19.3 Å². The molecule has 1 saturated carbocycles. The number of morpholine rings is 1. The summed E-state index contributed by atoms with van der Waals surface area (Å²) in [5, 5.41) is 4.55. The van der Waals surface area contributed by atoms with Gasteiger partial charge in [0.1, 0.15) is 5.39 Å². The van der Waals surface area contributed by atoms with Gasteiger partial charge in [0.25, 0.3) is 5.56 Å². The van der Waals surface area contributed by atoms with Gasteiger partial charge in [-0.3, -0.25) is 18.8 Å². The fraction of sp³-hybridized carbons (Fsp3) is 0.647. The largest absolute Gasteiger partial charge is 0.374 e. The molecule has 0 bridgehead atoms. The molecule has 25 heavy (non-hydrogen) atoms. The summed E-state index contributed by atoms with van der Waals surface area (Å²) >= 11 is 0. The molecule has 0 N–H and O–H groups in total. The summed E-state index contributed by atoms with van der Waals surface area (Å²) in [4.78, 5) is 31.4. The number of hydrogen-bond acceptors (Lipinski definition) is 5. The van der Waals surface area contributed by atoms with Crippen molar-refractivity contribution < 1.29 is 9.53 Å². The highest BCUT2D eigenvalue weighted by molar-refractivity contribution is 5.77. The van der Waals surface area contributed by atoms with E-state index in [9.17, 15) is 9.59 Å². The molecule has 3 heterocycles. The molecule has 8 heteroatoms. The summed E-state index contributed by atoms with van der Waals surface area (Å²) < 4.78 is 8.90. The van der Waals surface area contributed by atoms with E-state index in [1.165, 1.54) is 23.5 Å². The van der Waals surface area contributed by atoms with Crippen LogP contribution in [0, 0.1) is 0 Å². The average Bonchev–Trinajstić information content (AvgIpc) is 3.02. The molecule has 0 radical (unpaired) electrons. The SMILES string of the molecule is Cn1ncc2c(=O)n(CCC(=O)N3CCOC4CCCCC43)cnc21. The smallest absolute Gasteiger partial charge is 0.264 e. The number of carbonyl (C=O) groups is 1. The third kappa shape index (κ3) is 2.95. The first-order valence-electron chi connectivity index (χ1n) is 8.93. The van der Waals surface area contributed by atoms with Crippen molar-refractivity contribution in [1.82, 2.24) is 24.2 Å². The number of aromatic nitrogens is 4. The summed E-state index contributed by atoms with van der Waals surface area (Å²) in [5.74, 6) is 0.0957. The predicted molar refractivity (Wildman–Crippen MR) is 91.1 cm³/mol. The zero-order valence-electron chi connectivity index (χ0n) is 14.4. The van der Waals surface area contributed by atoms with Crippen molar-refractivity contribution in [2.24, 2.45) is 7.05 Å². The monoisotopic (exact) mass is 345 g/mol. The van der Waals surface area contributed by atoms with Gasteiger partial charge in [-0.1, -0.05) is 12.8 Å². The van der Waals surface area contributed by atoms with Crippen molar-refractivity contribution in [3.05, 3.63) is 22.9 Å². The van der Waals surface area contributed by atoms with E-state index in [2.05, 4.69) is 10.1 Å². The summed E-state index contributed by atoms with van der Waals surface area (Å²) in [7, 11) is 1.75. The second-order valence-corrected chi connectivity index (χ2v) is 6.85. The van der Waals surface area contributed by atoms with E-state index >= 15 is 0 Å². The van der Waals surface area contributed by atoms with Crippen LogP contribution >= 0.6 is 0 Å². The van der Waals surface area contributed by atoms with Crippen LogP contribution in [-0.2, 0) is 23.1 Å². The average molecular weight is 345 g/mol. The summed E-state index contributed by atoms with van der Waals surface area (Å²) in [6.07, 6.45) is 7.89. The summed E-state index contributed by atoms with van der Waals surface area (Å²) in [5.41, 5.74) is 0.411. The van der Waals surface area contributed by atoms with Gasteiger partial charge < -0.3 is 9.64 Å². The third-order valence-electron chi connectivity index (χ3n) is 5.34. The standard InChI is InChI=1S/C17H23N5O3/c1-20-16-12(10-19-20)17(24)21(11-18-16)7-6-15(23)22-8-9-25-14-5-3-2-4-13(14)22/h10-11,13-14H,2-9H2,1H3. The van der Waals surface area contributed by atoms with Gasteiger partial charge in [-0.2, -0.15) is 5.10 Å². The molecule has 0 spiro atoms. The van der Waals surface area contributed by atoms with Crippen LogP contribution in [-0.4, -0.2) is 55.4 Å². The molecule has 2 aromatic rings. The summed E-state index contributed by atoms with van der Waals surface area (Å²) in [6, 6.07) is 0.200. The Hall–Kier alpha value is -2.22. The Bertz CT molecular complexity index is 840. The molecule has 8 nitrogen and oxygen atoms in total. The Morgan fingerprint density at radius 1 is 1.36 bits per heavy atom. The van der Waals surface area contributed by atoms with Crippen LogP contribution in [0.4, 0.5) is 0 Å². The van der Waals surface area contributed by atoms with Crippen LogP contribution in [0.25, 0.3) is 11.0 Å². The van der Waals surface area contributed by atoms with Crippen LogP contribution in [0.1, 0.15) is 32.1 Å².